The molecule has 1 N–H and O–H groups in total. The first kappa shape index (κ1) is 13.3. The summed E-state index contributed by atoms with van der Waals surface area (Å²) in [7, 11) is 0. The first-order valence-corrected chi connectivity index (χ1v) is 5.68. The predicted molar refractivity (Wildman–Crippen MR) is 67.8 cm³/mol. The summed E-state index contributed by atoms with van der Waals surface area (Å²) in [6.45, 7) is 6.14. The van der Waals surface area contributed by atoms with Crippen molar-refractivity contribution in [1.82, 2.24) is 0 Å². The molecule has 0 aliphatic heterocycles. The SMILES string of the molecule is CC/C=C\COc1cc(C)c(C(=O)O)c(C)c1. The molecule has 1 aromatic rings. The summed E-state index contributed by atoms with van der Waals surface area (Å²) in [5.41, 5.74) is 1.82. The summed E-state index contributed by atoms with van der Waals surface area (Å²) in [6.07, 6.45) is 4.97. The topological polar surface area (TPSA) is 46.5 Å². The van der Waals surface area contributed by atoms with Crippen LogP contribution in [0.4, 0.5) is 0 Å². The summed E-state index contributed by atoms with van der Waals surface area (Å²) in [6, 6.07) is 3.52. The quantitative estimate of drug-likeness (QED) is 0.795. The lowest BCUT2D eigenvalue weighted by molar-refractivity contribution is 0.0695. The number of aromatic carboxylic acids is 1. The van der Waals surface area contributed by atoms with Gasteiger partial charge < -0.3 is 9.84 Å². The van der Waals surface area contributed by atoms with Gasteiger partial charge in [0.25, 0.3) is 0 Å². The highest BCUT2D eigenvalue weighted by Crippen LogP contribution is 2.21. The molecule has 3 heteroatoms. The van der Waals surface area contributed by atoms with E-state index in [4.69, 9.17) is 9.84 Å². The molecule has 0 heterocycles. The predicted octanol–water partition coefficient (Wildman–Crippen LogP) is 3.35. The van der Waals surface area contributed by atoms with Crippen molar-refractivity contribution in [2.45, 2.75) is 27.2 Å². The standard InChI is InChI=1S/C14H18O3/c1-4-5-6-7-17-12-8-10(2)13(14(15)16)11(3)9-12/h5-6,8-9H,4,7H2,1-3H3,(H,15,16)/b6-5-. The Kier molecular flexibility index (Phi) is 4.76. The Labute approximate surface area is 102 Å². The Morgan fingerprint density at radius 3 is 2.35 bits per heavy atom. The minimum Gasteiger partial charge on any atom is -0.490 e. The van der Waals surface area contributed by atoms with Crippen LogP contribution in [0.2, 0.25) is 0 Å². The molecular formula is C14H18O3. The monoisotopic (exact) mass is 234 g/mol. The lowest BCUT2D eigenvalue weighted by atomic mass is 10.0. The molecule has 92 valence electrons. The number of hydrogen-bond acceptors (Lipinski definition) is 2. The van der Waals surface area contributed by atoms with Gasteiger partial charge in [-0.05, 0) is 43.5 Å². The Morgan fingerprint density at radius 1 is 1.29 bits per heavy atom. The number of hydrogen-bond donors (Lipinski definition) is 1. The Bertz CT molecular complexity index is 410. The lowest BCUT2D eigenvalue weighted by Gasteiger charge is -2.09. The molecule has 0 spiro atoms. The zero-order valence-electron chi connectivity index (χ0n) is 10.5. The number of aryl methyl sites for hydroxylation is 2. The minimum absolute atomic E-state index is 0.362. The van der Waals surface area contributed by atoms with Crippen LogP contribution in [-0.2, 0) is 0 Å². The molecule has 0 saturated carbocycles. The van der Waals surface area contributed by atoms with Gasteiger partial charge in [0.15, 0.2) is 0 Å². The third kappa shape index (κ3) is 3.63. The molecule has 0 saturated heterocycles. The maximum Gasteiger partial charge on any atom is 0.336 e. The maximum atomic E-state index is 11.0. The molecule has 0 unspecified atom stereocenters. The lowest BCUT2D eigenvalue weighted by Crippen LogP contribution is -2.04. The van der Waals surface area contributed by atoms with Crippen LogP contribution in [0.1, 0.15) is 34.8 Å². The van der Waals surface area contributed by atoms with Crippen LogP contribution in [0.5, 0.6) is 5.75 Å². The van der Waals surface area contributed by atoms with Gasteiger partial charge in [0.05, 0.1) is 5.56 Å². The van der Waals surface area contributed by atoms with E-state index < -0.39 is 5.97 Å². The molecular weight excluding hydrogens is 216 g/mol. The Morgan fingerprint density at radius 2 is 1.88 bits per heavy atom. The second-order valence-corrected chi connectivity index (χ2v) is 3.93. The van der Waals surface area contributed by atoms with Crippen molar-refractivity contribution in [2.24, 2.45) is 0 Å². The van der Waals surface area contributed by atoms with Crippen LogP contribution in [0.3, 0.4) is 0 Å². The average Bonchev–Trinajstić information content (AvgIpc) is 2.23. The van der Waals surface area contributed by atoms with Crippen molar-refractivity contribution in [3.8, 4) is 5.75 Å². The van der Waals surface area contributed by atoms with Crippen molar-refractivity contribution in [3.63, 3.8) is 0 Å². The van der Waals surface area contributed by atoms with Gasteiger partial charge in [0, 0.05) is 0 Å². The first-order valence-electron chi connectivity index (χ1n) is 5.68. The molecule has 1 aromatic carbocycles. The first-order chi connectivity index (χ1) is 8.06. The van der Waals surface area contributed by atoms with Gasteiger partial charge in [0.1, 0.15) is 12.4 Å². The molecule has 0 amide bonds. The van der Waals surface area contributed by atoms with Gasteiger partial charge in [0.2, 0.25) is 0 Å². The minimum atomic E-state index is -0.891. The van der Waals surface area contributed by atoms with E-state index in [9.17, 15) is 4.79 Å². The van der Waals surface area contributed by atoms with E-state index in [2.05, 4.69) is 6.92 Å². The van der Waals surface area contributed by atoms with Crippen molar-refractivity contribution in [3.05, 3.63) is 41.0 Å². The number of rotatable bonds is 5. The molecule has 1 rings (SSSR count). The molecule has 3 nitrogen and oxygen atoms in total. The number of ether oxygens (including phenoxy) is 1. The highest BCUT2D eigenvalue weighted by molar-refractivity contribution is 5.91. The highest BCUT2D eigenvalue weighted by atomic mass is 16.5. The van der Waals surface area contributed by atoms with E-state index >= 15 is 0 Å². The van der Waals surface area contributed by atoms with Crippen molar-refractivity contribution in [2.75, 3.05) is 6.61 Å². The van der Waals surface area contributed by atoms with Crippen LogP contribution in [0.25, 0.3) is 0 Å². The third-order valence-corrected chi connectivity index (χ3v) is 2.47. The largest absolute Gasteiger partial charge is 0.490 e. The second-order valence-electron chi connectivity index (χ2n) is 3.93. The van der Waals surface area contributed by atoms with Gasteiger partial charge in [-0.3, -0.25) is 0 Å². The van der Waals surface area contributed by atoms with Crippen LogP contribution in [0, 0.1) is 13.8 Å². The van der Waals surface area contributed by atoms with E-state index in [1.165, 1.54) is 0 Å². The average molecular weight is 234 g/mol. The summed E-state index contributed by atoms with van der Waals surface area (Å²) >= 11 is 0. The van der Waals surface area contributed by atoms with E-state index in [0.29, 0.717) is 17.9 Å². The third-order valence-electron chi connectivity index (χ3n) is 2.47. The smallest absolute Gasteiger partial charge is 0.336 e. The van der Waals surface area contributed by atoms with E-state index in [0.717, 1.165) is 17.5 Å². The van der Waals surface area contributed by atoms with Crippen molar-refractivity contribution in [1.29, 1.82) is 0 Å². The summed E-state index contributed by atoms with van der Waals surface area (Å²) < 4.78 is 5.52. The van der Waals surface area contributed by atoms with Gasteiger partial charge in [-0.15, -0.1) is 0 Å². The summed E-state index contributed by atoms with van der Waals surface area (Å²) in [5, 5.41) is 9.03. The van der Waals surface area contributed by atoms with Crippen LogP contribution in [-0.4, -0.2) is 17.7 Å². The number of carboxylic acids is 1. The molecule has 0 aliphatic carbocycles. The zero-order valence-corrected chi connectivity index (χ0v) is 10.5. The fourth-order valence-corrected chi connectivity index (χ4v) is 1.72. The number of benzene rings is 1. The molecule has 0 fully saturated rings. The van der Waals surface area contributed by atoms with Crippen LogP contribution in [0.15, 0.2) is 24.3 Å². The summed E-state index contributed by atoms with van der Waals surface area (Å²) in [5.74, 6) is -0.178. The van der Waals surface area contributed by atoms with Crippen LogP contribution < -0.4 is 4.74 Å². The van der Waals surface area contributed by atoms with Gasteiger partial charge in [-0.2, -0.15) is 0 Å². The van der Waals surface area contributed by atoms with Gasteiger partial charge >= 0.3 is 5.97 Å². The normalized spacial score (nSPS) is 10.8. The van der Waals surface area contributed by atoms with E-state index in [1.54, 1.807) is 26.0 Å². The Balaban J connectivity index is 2.83. The fourth-order valence-electron chi connectivity index (χ4n) is 1.72. The molecule has 0 aliphatic rings. The molecule has 0 bridgehead atoms. The number of carbonyl (C=O) groups is 1. The van der Waals surface area contributed by atoms with Crippen molar-refractivity contribution < 1.29 is 14.6 Å². The van der Waals surface area contributed by atoms with E-state index in [1.807, 2.05) is 12.2 Å². The molecule has 0 radical (unpaired) electrons. The molecule has 0 aromatic heterocycles. The van der Waals surface area contributed by atoms with Gasteiger partial charge in [-0.1, -0.05) is 19.1 Å². The summed E-state index contributed by atoms with van der Waals surface area (Å²) in [4.78, 5) is 11.0. The molecule has 0 atom stereocenters. The highest BCUT2D eigenvalue weighted by Gasteiger charge is 2.11. The zero-order chi connectivity index (χ0) is 12.8. The maximum absolute atomic E-state index is 11.0. The van der Waals surface area contributed by atoms with E-state index in [-0.39, 0.29) is 0 Å². The number of allylic oxidation sites excluding steroid dienone is 1. The molecule has 17 heavy (non-hydrogen) atoms. The van der Waals surface area contributed by atoms with Crippen LogP contribution >= 0.6 is 0 Å². The van der Waals surface area contributed by atoms with Crippen molar-refractivity contribution >= 4 is 5.97 Å². The van der Waals surface area contributed by atoms with Gasteiger partial charge in [-0.25, -0.2) is 4.79 Å². The Hall–Kier alpha value is -1.77. The number of carboxylic acid groups (broad SMARTS) is 1. The second kappa shape index (κ2) is 6.09. The fraction of sp³-hybridized carbons (Fsp3) is 0.357.